The maximum Gasteiger partial charge on any atom is 0.329 e. The van der Waals surface area contributed by atoms with E-state index in [0.29, 0.717) is 13.2 Å². The van der Waals surface area contributed by atoms with Crippen LogP contribution < -0.4 is 10.4 Å². The largest absolute Gasteiger partial charge is 0.494 e. The van der Waals surface area contributed by atoms with Crippen molar-refractivity contribution in [1.82, 2.24) is 19.0 Å². The first-order valence-corrected chi connectivity index (χ1v) is 13.2. The Morgan fingerprint density at radius 3 is 2.64 bits per heavy atom. The van der Waals surface area contributed by atoms with Crippen LogP contribution in [-0.4, -0.2) is 58.5 Å². The monoisotopic (exact) mass is 486 g/mol. The van der Waals surface area contributed by atoms with E-state index in [0.717, 1.165) is 64.8 Å². The van der Waals surface area contributed by atoms with E-state index in [1.165, 1.54) is 32.4 Å². The van der Waals surface area contributed by atoms with Crippen LogP contribution >= 0.6 is 0 Å². The summed E-state index contributed by atoms with van der Waals surface area (Å²) in [4.78, 5) is 20.3. The molecule has 36 heavy (non-hydrogen) atoms. The molecule has 188 valence electrons. The number of nitrogens with zero attached hydrogens (tertiary/aromatic N) is 4. The summed E-state index contributed by atoms with van der Waals surface area (Å²) in [5.41, 5.74) is 4.88. The number of ether oxygens (including phenoxy) is 2. The normalized spacial score (nSPS) is 18.9. The van der Waals surface area contributed by atoms with Crippen molar-refractivity contribution in [3.05, 3.63) is 59.1 Å². The Hall–Kier alpha value is -3.16. The molecular formula is C29H34N4O3. The van der Waals surface area contributed by atoms with Crippen molar-refractivity contribution in [2.45, 2.75) is 38.1 Å². The van der Waals surface area contributed by atoms with Gasteiger partial charge in [-0.15, -0.1) is 0 Å². The number of likely N-dealkylation sites (tertiary alicyclic amines) is 1. The quantitative estimate of drug-likeness (QED) is 0.352. The van der Waals surface area contributed by atoms with Gasteiger partial charge in [0.25, 0.3) is 0 Å². The van der Waals surface area contributed by atoms with Gasteiger partial charge in [0.15, 0.2) is 0 Å². The number of hydrogen-bond acceptors (Lipinski definition) is 5. The molecule has 0 saturated carbocycles. The number of hydrogen-bond donors (Lipinski definition) is 0. The number of aryl methyl sites for hydroxylation is 1. The average molecular weight is 487 g/mol. The van der Waals surface area contributed by atoms with Crippen LogP contribution in [0.5, 0.6) is 5.75 Å². The van der Waals surface area contributed by atoms with Crippen LogP contribution in [0.2, 0.25) is 0 Å². The number of aromatic nitrogens is 3. The third kappa shape index (κ3) is 4.42. The highest BCUT2D eigenvalue weighted by Crippen LogP contribution is 2.32. The van der Waals surface area contributed by atoms with Gasteiger partial charge in [-0.1, -0.05) is 24.6 Å². The number of piperidine rings is 1. The number of fused-ring (bicyclic) bond motifs is 3. The summed E-state index contributed by atoms with van der Waals surface area (Å²) in [6.45, 7) is 5.59. The minimum atomic E-state index is -0.0120. The van der Waals surface area contributed by atoms with Crippen LogP contribution in [0.15, 0.2) is 53.5 Å². The van der Waals surface area contributed by atoms with Crippen molar-refractivity contribution in [1.29, 1.82) is 0 Å². The fraction of sp³-hybridized carbons (Fsp3) is 0.448. The predicted molar refractivity (Wildman–Crippen MR) is 143 cm³/mol. The molecule has 0 aliphatic carbocycles. The minimum absolute atomic E-state index is 0.0120. The molecule has 0 amide bonds. The van der Waals surface area contributed by atoms with Crippen LogP contribution in [0, 0.1) is 0 Å². The van der Waals surface area contributed by atoms with Gasteiger partial charge in [0.05, 0.1) is 42.0 Å². The lowest BCUT2D eigenvalue weighted by molar-refractivity contribution is 0.186. The number of rotatable bonds is 7. The zero-order valence-corrected chi connectivity index (χ0v) is 21.0. The second kappa shape index (κ2) is 10.1. The van der Waals surface area contributed by atoms with Gasteiger partial charge in [-0.25, -0.2) is 4.79 Å². The summed E-state index contributed by atoms with van der Waals surface area (Å²) in [6.07, 6.45) is 7.75. The Labute approximate surface area is 211 Å². The Bertz CT molecular complexity index is 1410. The molecule has 0 spiro atoms. The maximum atomic E-state index is 13.1. The lowest BCUT2D eigenvalue weighted by Crippen LogP contribution is -2.31. The summed E-state index contributed by atoms with van der Waals surface area (Å²) < 4.78 is 15.2. The molecule has 2 aromatic heterocycles. The van der Waals surface area contributed by atoms with E-state index in [2.05, 4.69) is 34.1 Å². The molecule has 1 atom stereocenters. The maximum absolute atomic E-state index is 13.1. The van der Waals surface area contributed by atoms with Gasteiger partial charge in [-0.2, -0.15) is 0 Å². The van der Waals surface area contributed by atoms with Crippen molar-refractivity contribution in [3.8, 4) is 16.9 Å². The van der Waals surface area contributed by atoms with Crippen molar-refractivity contribution in [2.24, 2.45) is 7.05 Å². The van der Waals surface area contributed by atoms with Gasteiger partial charge < -0.3 is 14.4 Å². The molecule has 4 heterocycles. The van der Waals surface area contributed by atoms with E-state index in [9.17, 15) is 4.79 Å². The van der Waals surface area contributed by atoms with E-state index in [-0.39, 0.29) is 11.7 Å². The smallest absolute Gasteiger partial charge is 0.329 e. The molecule has 2 aliphatic rings. The third-order valence-electron chi connectivity index (χ3n) is 7.71. The molecule has 0 radical (unpaired) electrons. The predicted octanol–water partition coefficient (Wildman–Crippen LogP) is 4.77. The fourth-order valence-electron chi connectivity index (χ4n) is 5.68. The van der Waals surface area contributed by atoms with Gasteiger partial charge in [-0.3, -0.25) is 14.1 Å². The minimum Gasteiger partial charge on any atom is -0.494 e. The van der Waals surface area contributed by atoms with Gasteiger partial charge in [0.2, 0.25) is 0 Å². The Morgan fingerprint density at radius 2 is 1.86 bits per heavy atom. The number of pyridine rings is 1. The van der Waals surface area contributed by atoms with E-state index in [1.54, 1.807) is 4.57 Å². The second-order valence-electron chi connectivity index (χ2n) is 10.1. The summed E-state index contributed by atoms with van der Waals surface area (Å²) in [5, 5.41) is 0.993. The van der Waals surface area contributed by atoms with E-state index >= 15 is 0 Å². The topological polar surface area (TPSA) is 61.5 Å². The highest BCUT2D eigenvalue weighted by Gasteiger charge is 2.25. The van der Waals surface area contributed by atoms with Gasteiger partial charge in [0.1, 0.15) is 5.75 Å². The molecule has 7 heteroatoms. The van der Waals surface area contributed by atoms with Crippen molar-refractivity contribution >= 4 is 21.9 Å². The van der Waals surface area contributed by atoms with E-state index in [1.807, 2.05) is 36.0 Å². The molecular weight excluding hydrogens is 452 g/mol. The molecule has 7 nitrogen and oxygen atoms in total. The van der Waals surface area contributed by atoms with Crippen molar-refractivity contribution in [2.75, 3.05) is 39.5 Å². The third-order valence-corrected chi connectivity index (χ3v) is 7.71. The SMILES string of the molecule is Cn1c(=O)n([C@H]2CCOC2)c2c3cc(-c4ccc(OCCCN5CCCCC5)cc4)ccc3ncc21. The summed E-state index contributed by atoms with van der Waals surface area (Å²) in [5.74, 6) is 0.903. The van der Waals surface area contributed by atoms with Crippen LogP contribution in [0.4, 0.5) is 0 Å². The first-order chi connectivity index (χ1) is 17.7. The summed E-state index contributed by atoms with van der Waals surface area (Å²) >= 11 is 0. The lowest BCUT2D eigenvalue weighted by Gasteiger charge is -2.26. The molecule has 6 rings (SSSR count). The molecule has 2 aliphatic heterocycles. The van der Waals surface area contributed by atoms with E-state index < -0.39 is 0 Å². The fourth-order valence-corrected chi connectivity index (χ4v) is 5.68. The van der Waals surface area contributed by atoms with Crippen LogP contribution in [0.1, 0.15) is 38.1 Å². The zero-order valence-electron chi connectivity index (χ0n) is 21.0. The standard InChI is InChI=1S/C29H34N4O3/c1-31-27-19-30-26-11-8-22(18-25(26)28(27)33(29(31)34)23-12-17-35-20-23)21-6-9-24(10-7-21)36-16-5-15-32-13-3-2-4-14-32/h6-11,18-19,23H,2-5,12-17,20H2,1H3/t23-/m0/s1. The van der Waals surface area contributed by atoms with Crippen LogP contribution in [0.25, 0.3) is 33.1 Å². The molecule has 4 aromatic rings. The first-order valence-electron chi connectivity index (χ1n) is 13.2. The Kier molecular flexibility index (Phi) is 6.50. The van der Waals surface area contributed by atoms with Gasteiger partial charge in [0, 0.05) is 25.6 Å². The molecule has 0 bridgehead atoms. The second-order valence-corrected chi connectivity index (χ2v) is 10.1. The summed E-state index contributed by atoms with van der Waals surface area (Å²) in [6, 6.07) is 14.7. The zero-order chi connectivity index (χ0) is 24.5. The number of benzene rings is 2. The van der Waals surface area contributed by atoms with Crippen LogP contribution in [0.3, 0.4) is 0 Å². The Morgan fingerprint density at radius 1 is 1.06 bits per heavy atom. The lowest BCUT2D eigenvalue weighted by atomic mass is 10.0. The summed E-state index contributed by atoms with van der Waals surface area (Å²) in [7, 11) is 1.82. The highest BCUT2D eigenvalue weighted by molar-refractivity contribution is 6.04. The molecule has 0 unspecified atom stereocenters. The van der Waals surface area contributed by atoms with Gasteiger partial charge in [-0.05, 0) is 74.2 Å². The molecule has 0 N–H and O–H groups in total. The average Bonchev–Trinajstić information content (AvgIpc) is 3.54. The van der Waals surface area contributed by atoms with Crippen molar-refractivity contribution < 1.29 is 9.47 Å². The number of imidazole rings is 1. The molecule has 2 saturated heterocycles. The molecule has 2 aromatic carbocycles. The van der Waals surface area contributed by atoms with Crippen LogP contribution in [-0.2, 0) is 11.8 Å². The van der Waals surface area contributed by atoms with Gasteiger partial charge >= 0.3 is 5.69 Å². The molecule has 2 fully saturated rings. The first kappa shape index (κ1) is 23.3. The Balaban J connectivity index is 1.24. The van der Waals surface area contributed by atoms with E-state index in [4.69, 9.17) is 9.47 Å². The highest BCUT2D eigenvalue weighted by atomic mass is 16.5. The van der Waals surface area contributed by atoms with Crippen molar-refractivity contribution in [3.63, 3.8) is 0 Å².